The van der Waals surface area contributed by atoms with Crippen LogP contribution in [0, 0.1) is 0 Å². The number of rotatable bonds is 7. The van der Waals surface area contributed by atoms with E-state index in [2.05, 4.69) is 36.5 Å². The minimum atomic E-state index is -0.520. The van der Waals surface area contributed by atoms with Crippen molar-refractivity contribution >= 4 is 16.7 Å². The molecule has 3 aromatic rings. The van der Waals surface area contributed by atoms with Crippen LogP contribution in [0.15, 0.2) is 66.7 Å². The molecular formula is C24H27NO2. The molecular weight excluding hydrogens is 334 g/mol. The van der Waals surface area contributed by atoms with Gasteiger partial charge in [0.25, 0.3) is 5.91 Å². The highest BCUT2D eigenvalue weighted by atomic mass is 16.5. The standard InChI is InChI=1S/C24H27NO2/c1-4-18-13-15-19(16-14-18)17(3)25-24(26)22(5-2)27-23-12-8-10-20-9-6-7-11-21(20)23/h6-17,22H,4-5H2,1-3H3,(H,25,26)/t17-,22-/m1/s1. The Morgan fingerprint density at radius 3 is 2.37 bits per heavy atom. The van der Waals surface area contributed by atoms with E-state index in [0.29, 0.717) is 6.42 Å². The minimum absolute atomic E-state index is 0.0615. The van der Waals surface area contributed by atoms with Crippen molar-refractivity contribution in [3.8, 4) is 5.75 Å². The average molecular weight is 361 g/mol. The van der Waals surface area contributed by atoms with Crippen LogP contribution in [-0.4, -0.2) is 12.0 Å². The van der Waals surface area contributed by atoms with Gasteiger partial charge < -0.3 is 10.1 Å². The summed E-state index contributed by atoms with van der Waals surface area (Å²) in [6.45, 7) is 6.11. The van der Waals surface area contributed by atoms with E-state index in [4.69, 9.17) is 4.74 Å². The molecule has 0 aliphatic rings. The van der Waals surface area contributed by atoms with Gasteiger partial charge >= 0.3 is 0 Å². The number of carbonyl (C=O) groups is 1. The van der Waals surface area contributed by atoms with Crippen LogP contribution in [-0.2, 0) is 11.2 Å². The Kier molecular flexibility index (Phi) is 6.12. The lowest BCUT2D eigenvalue weighted by atomic mass is 10.0. The second-order valence-electron chi connectivity index (χ2n) is 6.82. The van der Waals surface area contributed by atoms with Gasteiger partial charge in [-0.2, -0.15) is 0 Å². The Labute approximate surface area is 161 Å². The number of carbonyl (C=O) groups excluding carboxylic acids is 1. The Balaban J connectivity index is 1.71. The summed E-state index contributed by atoms with van der Waals surface area (Å²) in [6, 6.07) is 22.3. The summed E-state index contributed by atoms with van der Waals surface area (Å²) >= 11 is 0. The minimum Gasteiger partial charge on any atom is -0.480 e. The normalized spacial score (nSPS) is 13.1. The van der Waals surface area contributed by atoms with Gasteiger partial charge in [-0.3, -0.25) is 4.79 Å². The molecule has 0 unspecified atom stereocenters. The first kappa shape index (κ1) is 19.0. The second-order valence-corrected chi connectivity index (χ2v) is 6.82. The molecule has 0 aliphatic heterocycles. The van der Waals surface area contributed by atoms with E-state index < -0.39 is 6.10 Å². The SMILES string of the molecule is CCc1ccc([C@@H](C)NC(=O)[C@@H](CC)Oc2cccc3ccccc23)cc1. The maximum atomic E-state index is 12.8. The Morgan fingerprint density at radius 2 is 1.67 bits per heavy atom. The van der Waals surface area contributed by atoms with Gasteiger partial charge in [-0.25, -0.2) is 0 Å². The summed E-state index contributed by atoms with van der Waals surface area (Å²) in [7, 11) is 0. The summed E-state index contributed by atoms with van der Waals surface area (Å²) in [5.74, 6) is 0.660. The monoisotopic (exact) mass is 361 g/mol. The Morgan fingerprint density at radius 1 is 0.963 bits per heavy atom. The van der Waals surface area contributed by atoms with Crippen molar-refractivity contribution in [3.63, 3.8) is 0 Å². The molecule has 0 saturated carbocycles. The van der Waals surface area contributed by atoms with Crippen LogP contribution in [0.1, 0.15) is 44.4 Å². The van der Waals surface area contributed by atoms with Crippen molar-refractivity contribution in [2.45, 2.75) is 45.8 Å². The predicted molar refractivity (Wildman–Crippen MR) is 111 cm³/mol. The zero-order valence-electron chi connectivity index (χ0n) is 16.2. The van der Waals surface area contributed by atoms with Crippen LogP contribution in [0.3, 0.4) is 0 Å². The van der Waals surface area contributed by atoms with Crippen LogP contribution in [0.4, 0.5) is 0 Å². The van der Waals surface area contributed by atoms with Gasteiger partial charge in [0.05, 0.1) is 6.04 Å². The van der Waals surface area contributed by atoms with Gasteiger partial charge in [-0.15, -0.1) is 0 Å². The summed E-state index contributed by atoms with van der Waals surface area (Å²) in [5, 5.41) is 5.22. The Hall–Kier alpha value is -2.81. The van der Waals surface area contributed by atoms with E-state index in [1.165, 1.54) is 5.56 Å². The first-order valence-corrected chi connectivity index (χ1v) is 9.66. The number of fused-ring (bicyclic) bond motifs is 1. The Bertz CT molecular complexity index is 896. The maximum absolute atomic E-state index is 12.8. The smallest absolute Gasteiger partial charge is 0.261 e. The highest BCUT2D eigenvalue weighted by Crippen LogP contribution is 2.26. The van der Waals surface area contributed by atoms with Crippen molar-refractivity contribution < 1.29 is 9.53 Å². The van der Waals surface area contributed by atoms with Gasteiger partial charge in [0.15, 0.2) is 6.10 Å². The van der Waals surface area contributed by atoms with E-state index in [1.807, 2.05) is 56.3 Å². The lowest BCUT2D eigenvalue weighted by Crippen LogP contribution is -2.39. The zero-order chi connectivity index (χ0) is 19.2. The molecule has 0 fully saturated rings. The summed E-state index contributed by atoms with van der Waals surface area (Å²) < 4.78 is 6.10. The summed E-state index contributed by atoms with van der Waals surface area (Å²) in [4.78, 5) is 12.8. The third-order valence-corrected chi connectivity index (χ3v) is 4.93. The predicted octanol–water partition coefficient (Wildman–Crippen LogP) is 5.44. The molecule has 1 amide bonds. The highest BCUT2D eigenvalue weighted by Gasteiger charge is 2.21. The van der Waals surface area contributed by atoms with Crippen LogP contribution < -0.4 is 10.1 Å². The summed E-state index contributed by atoms with van der Waals surface area (Å²) in [6.07, 6.45) is 1.10. The van der Waals surface area contributed by atoms with E-state index in [9.17, 15) is 4.79 Å². The molecule has 0 aliphatic carbocycles. The van der Waals surface area contributed by atoms with Crippen molar-refractivity contribution in [2.75, 3.05) is 0 Å². The third-order valence-electron chi connectivity index (χ3n) is 4.93. The largest absolute Gasteiger partial charge is 0.480 e. The van der Waals surface area contributed by atoms with Crippen molar-refractivity contribution in [3.05, 3.63) is 77.9 Å². The van der Waals surface area contributed by atoms with Gasteiger partial charge in [0.1, 0.15) is 5.75 Å². The molecule has 0 saturated heterocycles. The highest BCUT2D eigenvalue weighted by molar-refractivity contribution is 5.89. The number of hydrogen-bond donors (Lipinski definition) is 1. The number of benzene rings is 3. The fraction of sp³-hybridized carbons (Fsp3) is 0.292. The quantitative estimate of drug-likeness (QED) is 0.609. The first-order chi connectivity index (χ1) is 13.1. The number of nitrogens with one attached hydrogen (secondary N) is 1. The van der Waals surface area contributed by atoms with Gasteiger partial charge in [-0.05, 0) is 42.3 Å². The molecule has 140 valence electrons. The first-order valence-electron chi connectivity index (χ1n) is 9.66. The van der Waals surface area contributed by atoms with E-state index in [0.717, 1.165) is 28.5 Å². The molecule has 3 nitrogen and oxygen atoms in total. The molecule has 0 radical (unpaired) electrons. The molecule has 0 heterocycles. The lowest BCUT2D eigenvalue weighted by Gasteiger charge is -2.21. The lowest BCUT2D eigenvalue weighted by molar-refractivity contribution is -0.128. The number of hydrogen-bond acceptors (Lipinski definition) is 2. The fourth-order valence-electron chi connectivity index (χ4n) is 3.21. The van der Waals surface area contributed by atoms with Crippen LogP contribution in [0.5, 0.6) is 5.75 Å². The maximum Gasteiger partial charge on any atom is 0.261 e. The fourth-order valence-corrected chi connectivity index (χ4v) is 3.21. The molecule has 0 aromatic heterocycles. The molecule has 27 heavy (non-hydrogen) atoms. The molecule has 1 N–H and O–H groups in total. The van der Waals surface area contributed by atoms with Gasteiger partial charge in [0.2, 0.25) is 0 Å². The van der Waals surface area contributed by atoms with Crippen LogP contribution in [0.25, 0.3) is 10.8 Å². The van der Waals surface area contributed by atoms with E-state index >= 15 is 0 Å². The molecule has 3 heteroatoms. The zero-order valence-corrected chi connectivity index (χ0v) is 16.2. The second kappa shape index (κ2) is 8.72. The van der Waals surface area contributed by atoms with E-state index in [-0.39, 0.29) is 11.9 Å². The molecule has 0 spiro atoms. The van der Waals surface area contributed by atoms with Crippen LogP contribution >= 0.6 is 0 Å². The molecule has 0 bridgehead atoms. The van der Waals surface area contributed by atoms with Gasteiger partial charge in [0, 0.05) is 5.39 Å². The number of aryl methyl sites for hydroxylation is 1. The summed E-state index contributed by atoms with van der Waals surface area (Å²) in [5.41, 5.74) is 2.39. The number of ether oxygens (including phenoxy) is 1. The van der Waals surface area contributed by atoms with E-state index in [1.54, 1.807) is 0 Å². The molecule has 3 rings (SSSR count). The van der Waals surface area contributed by atoms with Crippen molar-refractivity contribution in [1.29, 1.82) is 0 Å². The van der Waals surface area contributed by atoms with Crippen LogP contribution in [0.2, 0.25) is 0 Å². The van der Waals surface area contributed by atoms with Gasteiger partial charge in [-0.1, -0.05) is 74.5 Å². The topological polar surface area (TPSA) is 38.3 Å². The third kappa shape index (κ3) is 4.48. The van der Waals surface area contributed by atoms with Crippen molar-refractivity contribution in [1.82, 2.24) is 5.32 Å². The van der Waals surface area contributed by atoms with Crippen molar-refractivity contribution in [2.24, 2.45) is 0 Å². The molecule has 3 aromatic carbocycles. The molecule has 2 atom stereocenters. The number of amides is 1. The average Bonchev–Trinajstić information content (AvgIpc) is 2.72.